The van der Waals surface area contributed by atoms with Crippen molar-refractivity contribution < 1.29 is 14.3 Å². The summed E-state index contributed by atoms with van der Waals surface area (Å²) in [5.41, 5.74) is 1.15. The molecular formula is C18H17Cl2NO3. The van der Waals surface area contributed by atoms with E-state index >= 15 is 0 Å². The molecule has 2 rings (SSSR count). The first kappa shape index (κ1) is 18.3. The minimum Gasteiger partial charge on any atom is -0.452 e. The SMILES string of the molecule is CCN(Cc1ccccc1)C(=O)COC(=O)c1cccc(Cl)c1Cl. The molecule has 0 fully saturated rings. The molecule has 4 nitrogen and oxygen atoms in total. The van der Waals surface area contributed by atoms with Crippen LogP contribution in [0.5, 0.6) is 0 Å². The highest BCUT2D eigenvalue weighted by Crippen LogP contribution is 2.26. The van der Waals surface area contributed by atoms with Crippen LogP contribution in [0, 0.1) is 0 Å². The van der Waals surface area contributed by atoms with E-state index in [0.29, 0.717) is 13.1 Å². The van der Waals surface area contributed by atoms with E-state index in [2.05, 4.69) is 0 Å². The van der Waals surface area contributed by atoms with Crippen molar-refractivity contribution in [3.8, 4) is 0 Å². The lowest BCUT2D eigenvalue weighted by Crippen LogP contribution is -2.34. The third-order valence-corrected chi connectivity index (χ3v) is 4.27. The Balaban J connectivity index is 1.95. The van der Waals surface area contributed by atoms with E-state index in [1.54, 1.807) is 17.0 Å². The van der Waals surface area contributed by atoms with E-state index in [9.17, 15) is 9.59 Å². The summed E-state index contributed by atoms with van der Waals surface area (Å²) in [6.07, 6.45) is 0. The molecule has 6 heteroatoms. The molecule has 0 N–H and O–H groups in total. The zero-order valence-electron chi connectivity index (χ0n) is 13.2. The van der Waals surface area contributed by atoms with E-state index in [4.69, 9.17) is 27.9 Å². The van der Waals surface area contributed by atoms with Crippen LogP contribution in [0.2, 0.25) is 10.0 Å². The van der Waals surface area contributed by atoms with Gasteiger partial charge in [-0.2, -0.15) is 0 Å². The van der Waals surface area contributed by atoms with Gasteiger partial charge >= 0.3 is 5.97 Å². The number of benzene rings is 2. The van der Waals surface area contributed by atoms with Crippen molar-refractivity contribution in [3.63, 3.8) is 0 Å². The molecule has 1 amide bonds. The third kappa shape index (κ3) is 4.73. The Morgan fingerprint density at radius 2 is 1.75 bits per heavy atom. The fourth-order valence-corrected chi connectivity index (χ4v) is 2.52. The first-order chi connectivity index (χ1) is 11.5. The van der Waals surface area contributed by atoms with Crippen LogP contribution in [0.15, 0.2) is 48.5 Å². The van der Waals surface area contributed by atoms with E-state index < -0.39 is 5.97 Å². The molecule has 0 aliphatic carbocycles. The van der Waals surface area contributed by atoms with Crippen LogP contribution < -0.4 is 0 Å². The largest absolute Gasteiger partial charge is 0.452 e. The number of halogens is 2. The molecule has 0 aromatic heterocycles. The van der Waals surface area contributed by atoms with Gasteiger partial charge in [0.25, 0.3) is 5.91 Å². The lowest BCUT2D eigenvalue weighted by atomic mass is 10.2. The van der Waals surface area contributed by atoms with Crippen LogP contribution >= 0.6 is 23.2 Å². The van der Waals surface area contributed by atoms with Gasteiger partial charge < -0.3 is 9.64 Å². The lowest BCUT2D eigenvalue weighted by Gasteiger charge is -2.21. The molecule has 0 radical (unpaired) electrons. The number of rotatable bonds is 6. The molecule has 0 spiro atoms. The summed E-state index contributed by atoms with van der Waals surface area (Å²) in [6, 6.07) is 14.3. The first-order valence-corrected chi connectivity index (χ1v) is 8.21. The molecule has 0 aliphatic rings. The Labute approximate surface area is 150 Å². The molecule has 24 heavy (non-hydrogen) atoms. The van der Waals surface area contributed by atoms with E-state index in [1.165, 1.54) is 6.07 Å². The van der Waals surface area contributed by atoms with Crippen LogP contribution in [0.25, 0.3) is 0 Å². The second-order valence-electron chi connectivity index (χ2n) is 5.07. The number of ether oxygens (including phenoxy) is 1. The van der Waals surface area contributed by atoms with Gasteiger partial charge in [-0.3, -0.25) is 4.79 Å². The van der Waals surface area contributed by atoms with Crippen molar-refractivity contribution in [1.29, 1.82) is 0 Å². The second-order valence-corrected chi connectivity index (χ2v) is 5.86. The average Bonchev–Trinajstić information content (AvgIpc) is 2.60. The fourth-order valence-electron chi connectivity index (χ4n) is 2.14. The maximum atomic E-state index is 12.3. The van der Waals surface area contributed by atoms with Crippen molar-refractivity contribution >= 4 is 35.1 Å². The zero-order chi connectivity index (χ0) is 17.5. The topological polar surface area (TPSA) is 46.6 Å². The highest BCUT2D eigenvalue weighted by atomic mass is 35.5. The number of carbonyl (C=O) groups is 2. The van der Waals surface area contributed by atoms with Gasteiger partial charge in [-0.1, -0.05) is 59.6 Å². The summed E-state index contributed by atoms with van der Waals surface area (Å²) in [5, 5.41) is 0.380. The number of nitrogens with zero attached hydrogens (tertiary/aromatic N) is 1. The van der Waals surface area contributed by atoms with Crippen molar-refractivity contribution in [2.75, 3.05) is 13.2 Å². The Morgan fingerprint density at radius 1 is 1.04 bits per heavy atom. The van der Waals surface area contributed by atoms with Gasteiger partial charge in [0, 0.05) is 13.1 Å². The van der Waals surface area contributed by atoms with Crippen molar-refractivity contribution in [2.45, 2.75) is 13.5 Å². The summed E-state index contributed by atoms with van der Waals surface area (Å²) < 4.78 is 5.07. The van der Waals surface area contributed by atoms with Crippen molar-refractivity contribution in [3.05, 3.63) is 69.7 Å². The van der Waals surface area contributed by atoms with Gasteiger partial charge in [-0.15, -0.1) is 0 Å². The molecule has 2 aromatic rings. The van der Waals surface area contributed by atoms with Crippen LogP contribution in [0.1, 0.15) is 22.8 Å². The number of esters is 1. The zero-order valence-corrected chi connectivity index (χ0v) is 14.7. The number of carbonyl (C=O) groups excluding carboxylic acids is 2. The molecule has 0 atom stereocenters. The summed E-state index contributed by atoms with van der Waals surface area (Å²) >= 11 is 11.8. The van der Waals surface area contributed by atoms with Gasteiger partial charge in [0.15, 0.2) is 6.61 Å². The van der Waals surface area contributed by atoms with E-state index in [-0.39, 0.29) is 28.1 Å². The van der Waals surface area contributed by atoms with E-state index in [1.807, 2.05) is 37.3 Å². The molecule has 0 saturated heterocycles. The minimum atomic E-state index is -0.674. The molecular weight excluding hydrogens is 349 g/mol. The highest BCUT2D eigenvalue weighted by Gasteiger charge is 2.18. The lowest BCUT2D eigenvalue weighted by molar-refractivity contribution is -0.134. The van der Waals surface area contributed by atoms with Crippen LogP contribution in [-0.2, 0) is 16.1 Å². The Hall–Kier alpha value is -2.04. The fraction of sp³-hybridized carbons (Fsp3) is 0.222. The van der Waals surface area contributed by atoms with E-state index in [0.717, 1.165) is 5.56 Å². The van der Waals surface area contributed by atoms with Crippen molar-refractivity contribution in [1.82, 2.24) is 4.90 Å². The standard InChI is InChI=1S/C18H17Cl2NO3/c1-2-21(11-13-7-4-3-5-8-13)16(22)12-24-18(23)14-9-6-10-15(19)17(14)20/h3-10H,2,11-12H2,1H3. The average molecular weight is 366 g/mol. The summed E-state index contributed by atoms with van der Waals surface area (Å²) in [6.45, 7) is 2.51. The number of hydrogen-bond acceptors (Lipinski definition) is 3. The molecule has 126 valence electrons. The highest BCUT2D eigenvalue weighted by molar-refractivity contribution is 6.43. The summed E-state index contributed by atoms with van der Waals surface area (Å²) in [7, 11) is 0. The predicted molar refractivity (Wildman–Crippen MR) is 94.3 cm³/mol. The number of likely N-dealkylation sites (N-methyl/N-ethyl adjacent to an activating group) is 1. The molecule has 0 aliphatic heterocycles. The van der Waals surface area contributed by atoms with Crippen LogP contribution in [-0.4, -0.2) is 29.9 Å². The van der Waals surface area contributed by atoms with Crippen LogP contribution in [0.4, 0.5) is 0 Å². The Morgan fingerprint density at radius 3 is 2.42 bits per heavy atom. The van der Waals surface area contributed by atoms with Gasteiger partial charge in [-0.25, -0.2) is 4.79 Å². The van der Waals surface area contributed by atoms with Gasteiger partial charge in [0.05, 0.1) is 15.6 Å². The van der Waals surface area contributed by atoms with Gasteiger partial charge in [0.2, 0.25) is 0 Å². The molecule has 0 saturated carbocycles. The van der Waals surface area contributed by atoms with Crippen LogP contribution in [0.3, 0.4) is 0 Å². The molecule has 0 unspecified atom stereocenters. The predicted octanol–water partition coefficient (Wildman–Crippen LogP) is 4.20. The monoisotopic (exact) mass is 365 g/mol. The Bertz CT molecular complexity index is 719. The third-order valence-electron chi connectivity index (χ3n) is 3.45. The maximum absolute atomic E-state index is 12.3. The second kappa shape index (κ2) is 8.71. The summed E-state index contributed by atoms with van der Waals surface area (Å²) in [4.78, 5) is 25.9. The molecule has 0 bridgehead atoms. The summed E-state index contributed by atoms with van der Waals surface area (Å²) in [5.74, 6) is -0.945. The maximum Gasteiger partial charge on any atom is 0.340 e. The first-order valence-electron chi connectivity index (χ1n) is 7.45. The molecule has 2 aromatic carbocycles. The number of amides is 1. The Kier molecular flexibility index (Phi) is 6.64. The number of hydrogen-bond donors (Lipinski definition) is 0. The van der Waals surface area contributed by atoms with Gasteiger partial charge in [0.1, 0.15) is 0 Å². The van der Waals surface area contributed by atoms with Crippen molar-refractivity contribution in [2.24, 2.45) is 0 Å². The normalized spacial score (nSPS) is 10.3. The minimum absolute atomic E-state index is 0.119. The smallest absolute Gasteiger partial charge is 0.340 e. The quantitative estimate of drug-likeness (QED) is 0.720. The molecule has 0 heterocycles. The van der Waals surface area contributed by atoms with Gasteiger partial charge in [-0.05, 0) is 24.6 Å².